The molecule has 0 amide bonds. The number of alkyl halides is 1. The lowest BCUT2D eigenvalue weighted by Crippen LogP contribution is -2.40. The normalized spacial score (nSPS) is 27.8. The van der Waals surface area contributed by atoms with E-state index in [1.807, 2.05) is 5.38 Å². The van der Waals surface area contributed by atoms with E-state index in [9.17, 15) is 28.6 Å². The minimum absolute atomic E-state index is 0.0335. The Balaban J connectivity index is 1.91. The lowest BCUT2D eigenvalue weighted by Gasteiger charge is -2.25. The van der Waals surface area contributed by atoms with Gasteiger partial charge in [-0.2, -0.15) is 8.62 Å². The number of aromatic nitrogens is 4. The topological polar surface area (TPSA) is 262 Å². The van der Waals surface area contributed by atoms with Crippen LogP contribution in [0.4, 0.5) is 10.3 Å². The van der Waals surface area contributed by atoms with E-state index in [4.69, 9.17) is 44.1 Å². The Morgan fingerprint density at radius 3 is 2.56 bits per heavy atom. The second-order valence-electron chi connectivity index (χ2n) is 6.97. The smallest absolute Gasteiger partial charge is 0.396 e. The van der Waals surface area contributed by atoms with Gasteiger partial charge >= 0.3 is 23.5 Å². The van der Waals surface area contributed by atoms with E-state index in [1.54, 1.807) is 0 Å². The molecule has 0 saturated carbocycles. The molecule has 23 heteroatoms. The van der Waals surface area contributed by atoms with Gasteiger partial charge in [-0.05, 0) is 17.5 Å². The van der Waals surface area contributed by atoms with Crippen LogP contribution < -0.4 is 5.73 Å². The van der Waals surface area contributed by atoms with Crippen LogP contribution >= 0.6 is 47.3 Å². The Bertz CT molecular complexity index is 1420. The predicted octanol–water partition coefficient (Wildman–Crippen LogP) is 0.828. The highest BCUT2D eigenvalue weighted by Gasteiger charge is 2.58. The number of H-pyrrole nitrogens is 1. The summed E-state index contributed by atoms with van der Waals surface area (Å²) < 4.78 is 68.8. The number of phosphoric ester groups is 1. The standard InChI is InChI=1S/C13H16ClFN5O12P3S/c14-2-1-13(15)6(3-21)7(4-29-34(25,26)32-35(27,28)31-33(22,23)24)30-11(13)20-5-17-8-9(20)18-12(16)19-10(8)36/h5-7,11,21H,3-4H2,(H,25,26)(H,27,28)(H2,22,23,24)(H3,16,18,19,36)/t6?,7-,11-,13?/m1/s1. The zero-order chi connectivity index (χ0) is 27.1. The molecule has 1 aliphatic rings. The van der Waals surface area contributed by atoms with E-state index in [2.05, 4.69) is 34.0 Å². The van der Waals surface area contributed by atoms with Crippen molar-refractivity contribution in [3.05, 3.63) is 11.0 Å². The first-order valence-electron chi connectivity index (χ1n) is 9.10. The van der Waals surface area contributed by atoms with Crippen molar-refractivity contribution in [3.63, 3.8) is 0 Å². The van der Waals surface area contributed by atoms with Gasteiger partial charge in [0.25, 0.3) is 0 Å². The summed E-state index contributed by atoms with van der Waals surface area (Å²) in [6, 6.07) is 0. The number of nitrogen functional groups attached to an aromatic ring is 1. The van der Waals surface area contributed by atoms with Gasteiger partial charge in [-0.3, -0.25) is 9.09 Å². The summed E-state index contributed by atoms with van der Waals surface area (Å²) in [5, 5.41) is 11.7. The molecule has 6 atom stereocenters. The van der Waals surface area contributed by atoms with Crippen LogP contribution in [-0.4, -0.2) is 69.2 Å². The predicted molar refractivity (Wildman–Crippen MR) is 119 cm³/mol. The maximum Gasteiger partial charge on any atom is 0.490 e. The van der Waals surface area contributed by atoms with E-state index in [0.29, 0.717) is 0 Å². The number of phosphoric acid groups is 3. The van der Waals surface area contributed by atoms with Crippen molar-refractivity contribution in [1.29, 1.82) is 0 Å². The molecule has 3 rings (SSSR count). The maximum atomic E-state index is 16.2. The fourth-order valence-corrected chi connectivity index (χ4v) is 6.74. The molecule has 17 nitrogen and oxygen atoms in total. The maximum absolute atomic E-state index is 16.2. The van der Waals surface area contributed by atoms with Crippen LogP contribution in [0.5, 0.6) is 0 Å². The number of nitrogens with two attached hydrogens (primary N) is 1. The number of aliphatic hydroxyl groups excluding tert-OH is 1. The first-order chi connectivity index (χ1) is 16.5. The third-order valence-corrected chi connectivity index (χ3v) is 8.80. The molecule has 3 heterocycles. The highest BCUT2D eigenvalue weighted by Crippen LogP contribution is 2.66. The fraction of sp³-hybridized carbons (Fsp3) is 0.462. The number of aromatic amines is 1. The number of aliphatic hydroxyl groups is 1. The molecule has 2 aromatic rings. The molecule has 1 fully saturated rings. The molecule has 0 bridgehead atoms. The summed E-state index contributed by atoms with van der Waals surface area (Å²) in [5.74, 6) is 0.318. The Kier molecular flexibility index (Phi) is 8.48. The first kappa shape index (κ1) is 29.2. The Labute approximate surface area is 209 Å². The van der Waals surface area contributed by atoms with Crippen LogP contribution in [0, 0.1) is 21.9 Å². The van der Waals surface area contributed by atoms with Crippen molar-refractivity contribution in [2.75, 3.05) is 18.9 Å². The van der Waals surface area contributed by atoms with E-state index >= 15 is 4.39 Å². The van der Waals surface area contributed by atoms with Gasteiger partial charge in [0.1, 0.15) is 11.2 Å². The monoisotopic (exact) mass is 613 g/mol. The highest BCUT2D eigenvalue weighted by atomic mass is 35.5. The molecular formula is C13H16ClFN5O12P3S. The van der Waals surface area contributed by atoms with Gasteiger partial charge in [0, 0.05) is 5.38 Å². The number of imidazole rings is 1. The van der Waals surface area contributed by atoms with Crippen molar-refractivity contribution in [2.24, 2.45) is 5.92 Å². The third kappa shape index (κ3) is 6.38. The van der Waals surface area contributed by atoms with Crippen molar-refractivity contribution in [1.82, 2.24) is 19.5 Å². The molecule has 8 N–H and O–H groups in total. The lowest BCUT2D eigenvalue weighted by molar-refractivity contribution is -0.0479. The Morgan fingerprint density at radius 2 is 1.97 bits per heavy atom. The van der Waals surface area contributed by atoms with Crippen LogP contribution in [0.15, 0.2) is 6.33 Å². The number of hydrogen-bond acceptors (Lipinski definition) is 12. The largest absolute Gasteiger partial charge is 0.490 e. The van der Waals surface area contributed by atoms with E-state index < -0.39 is 60.6 Å². The van der Waals surface area contributed by atoms with Gasteiger partial charge in [0.05, 0.1) is 31.6 Å². The van der Waals surface area contributed by atoms with E-state index in [0.717, 1.165) is 10.9 Å². The number of rotatable bonds is 9. The summed E-state index contributed by atoms with van der Waals surface area (Å²) in [5.41, 5.74) is 3.01. The molecule has 0 radical (unpaired) electrons. The Hall–Kier alpha value is -1.32. The minimum Gasteiger partial charge on any atom is -0.396 e. The van der Waals surface area contributed by atoms with Crippen LogP contribution in [0.2, 0.25) is 0 Å². The van der Waals surface area contributed by atoms with E-state index in [-0.39, 0.29) is 21.8 Å². The molecule has 1 saturated heterocycles. The van der Waals surface area contributed by atoms with Gasteiger partial charge in [0.15, 0.2) is 16.8 Å². The van der Waals surface area contributed by atoms with Gasteiger partial charge in [-0.1, -0.05) is 12.2 Å². The summed E-state index contributed by atoms with van der Waals surface area (Å²) in [6.07, 6.45) is -2.22. The molecule has 0 aromatic carbocycles. The van der Waals surface area contributed by atoms with Crippen molar-refractivity contribution >= 4 is 64.4 Å². The number of ether oxygens (including phenoxy) is 1. The first-order valence-corrected chi connectivity index (χ1v) is 14.4. The van der Waals surface area contributed by atoms with E-state index in [1.165, 1.54) is 0 Å². The number of anilines is 1. The van der Waals surface area contributed by atoms with Gasteiger partial charge in [0.2, 0.25) is 5.67 Å². The number of hydrogen-bond donors (Lipinski definition) is 7. The zero-order valence-electron chi connectivity index (χ0n) is 17.2. The number of halogens is 2. The van der Waals surface area contributed by atoms with Gasteiger partial charge < -0.3 is 40.1 Å². The lowest BCUT2D eigenvalue weighted by atomic mass is 9.87. The van der Waals surface area contributed by atoms with Crippen LogP contribution in [0.1, 0.15) is 6.23 Å². The molecule has 2 aromatic heterocycles. The molecule has 1 aliphatic heterocycles. The summed E-state index contributed by atoms with van der Waals surface area (Å²) in [7, 11) is -17.0. The molecule has 4 unspecified atom stereocenters. The highest BCUT2D eigenvalue weighted by molar-refractivity contribution is 7.71. The average Bonchev–Trinajstić information content (AvgIpc) is 3.22. The minimum atomic E-state index is -5.79. The second-order valence-corrected chi connectivity index (χ2v) is 12.0. The molecule has 0 spiro atoms. The average molecular weight is 614 g/mol. The van der Waals surface area contributed by atoms with Crippen molar-refractivity contribution in [3.8, 4) is 11.3 Å². The zero-order valence-corrected chi connectivity index (χ0v) is 21.5. The van der Waals surface area contributed by atoms with Gasteiger partial charge in [-0.15, -0.1) is 0 Å². The Morgan fingerprint density at radius 1 is 1.31 bits per heavy atom. The van der Waals surface area contributed by atoms with Crippen LogP contribution in [0.25, 0.3) is 11.2 Å². The van der Waals surface area contributed by atoms with Crippen LogP contribution in [-0.2, 0) is 31.6 Å². The molecule has 200 valence electrons. The summed E-state index contributed by atoms with van der Waals surface area (Å²) in [4.78, 5) is 46.5. The second kappa shape index (κ2) is 10.4. The molecular weight excluding hydrogens is 598 g/mol. The van der Waals surface area contributed by atoms with Crippen molar-refractivity contribution < 1.29 is 60.6 Å². The number of nitrogens with one attached hydrogen (secondary N) is 1. The van der Waals surface area contributed by atoms with Gasteiger partial charge in [-0.25, -0.2) is 28.1 Å². The quantitative estimate of drug-likeness (QED) is 0.117. The summed E-state index contributed by atoms with van der Waals surface area (Å²) >= 11 is 10.5. The van der Waals surface area contributed by atoms with Crippen LogP contribution in [0.3, 0.4) is 0 Å². The SMILES string of the molecule is Nc1nc(=S)c2ncn([C@@H]3O[C@H](COP(=O)(O)OP(=O)(O)OP(=O)(O)O)C(CO)C3(F)C#CCl)c2[nH]1. The summed E-state index contributed by atoms with van der Waals surface area (Å²) in [6.45, 7) is -2.03. The third-order valence-electron chi connectivity index (χ3n) is 4.62. The molecule has 0 aliphatic carbocycles. The van der Waals surface area contributed by atoms with Crippen molar-refractivity contribution in [2.45, 2.75) is 18.0 Å². The molecule has 36 heavy (non-hydrogen) atoms. The number of fused-ring (bicyclic) bond motifs is 1. The number of nitrogens with zero attached hydrogens (tertiary/aromatic N) is 3. The fourth-order valence-electron chi connectivity index (χ4n) is 3.32.